The first kappa shape index (κ1) is 18.7. The van der Waals surface area contributed by atoms with E-state index in [1.165, 1.54) is 4.90 Å². The molecule has 0 radical (unpaired) electrons. The van der Waals surface area contributed by atoms with Crippen molar-refractivity contribution in [1.29, 1.82) is 0 Å². The van der Waals surface area contributed by atoms with Crippen LogP contribution in [0.5, 0.6) is 5.75 Å². The Labute approximate surface area is 159 Å². The standard InChI is InChI=1S/C22H24N2O3/c1-5-24-21(25)19(16-12-11-14(3)15(4)13-16)20(22(24)26)23-17-9-7-8-10-18(17)27-6-2/h7-13,23H,5-6H2,1-4H3. The summed E-state index contributed by atoms with van der Waals surface area (Å²) in [7, 11) is 0. The molecule has 5 heteroatoms. The summed E-state index contributed by atoms with van der Waals surface area (Å²) in [6.07, 6.45) is 0. The van der Waals surface area contributed by atoms with E-state index in [1.54, 1.807) is 6.92 Å². The summed E-state index contributed by atoms with van der Waals surface area (Å²) >= 11 is 0. The minimum atomic E-state index is -0.318. The molecule has 0 saturated heterocycles. The van der Waals surface area contributed by atoms with Crippen molar-refractivity contribution in [2.45, 2.75) is 27.7 Å². The molecule has 0 fully saturated rings. The van der Waals surface area contributed by atoms with Crippen LogP contribution in [-0.2, 0) is 9.59 Å². The van der Waals surface area contributed by atoms with E-state index in [4.69, 9.17) is 4.74 Å². The van der Waals surface area contributed by atoms with E-state index in [2.05, 4.69) is 5.32 Å². The van der Waals surface area contributed by atoms with Crippen molar-refractivity contribution in [2.75, 3.05) is 18.5 Å². The number of carbonyl (C=O) groups excluding carboxylic acids is 2. The lowest BCUT2D eigenvalue weighted by atomic mass is 9.99. The summed E-state index contributed by atoms with van der Waals surface area (Å²) in [5, 5.41) is 3.16. The molecule has 0 unspecified atom stereocenters. The zero-order valence-corrected chi connectivity index (χ0v) is 16.1. The molecule has 1 N–H and O–H groups in total. The monoisotopic (exact) mass is 364 g/mol. The summed E-state index contributed by atoms with van der Waals surface area (Å²) in [5.41, 5.74) is 4.30. The van der Waals surface area contributed by atoms with Crippen LogP contribution in [0.2, 0.25) is 0 Å². The molecule has 3 rings (SSSR count). The van der Waals surface area contributed by atoms with Crippen LogP contribution in [0.1, 0.15) is 30.5 Å². The van der Waals surface area contributed by atoms with Gasteiger partial charge in [0.2, 0.25) is 0 Å². The normalized spacial score (nSPS) is 14.1. The summed E-state index contributed by atoms with van der Waals surface area (Å²) in [6, 6.07) is 13.2. The second-order valence-electron chi connectivity index (χ2n) is 6.46. The first-order valence-electron chi connectivity index (χ1n) is 9.14. The smallest absolute Gasteiger partial charge is 0.278 e. The first-order chi connectivity index (χ1) is 13.0. The predicted octanol–water partition coefficient (Wildman–Crippen LogP) is 3.91. The number of rotatable bonds is 6. The van der Waals surface area contributed by atoms with Crippen LogP contribution >= 0.6 is 0 Å². The number of aryl methyl sites for hydroxylation is 2. The third-order valence-electron chi connectivity index (χ3n) is 4.73. The van der Waals surface area contributed by atoms with Crippen LogP contribution in [-0.4, -0.2) is 29.9 Å². The number of nitrogens with one attached hydrogen (secondary N) is 1. The Kier molecular flexibility index (Phi) is 5.31. The largest absolute Gasteiger partial charge is 0.492 e. The van der Waals surface area contributed by atoms with Gasteiger partial charge in [-0.2, -0.15) is 0 Å². The van der Waals surface area contributed by atoms with E-state index in [0.29, 0.717) is 30.2 Å². The third kappa shape index (κ3) is 3.45. The van der Waals surface area contributed by atoms with Gasteiger partial charge in [-0.1, -0.05) is 30.3 Å². The fourth-order valence-corrected chi connectivity index (χ4v) is 3.13. The van der Waals surface area contributed by atoms with Gasteiger partial charge in [-0.05, 0) is 56.5 Å². The molecule has 1 aliphatic heterocycles. The van der Waals surface area contributed by atoms with E-state index >= 15 is 0 Å². The second kappa shape index (κ2) is 7.66. The maximum Gasteiger partial charge on any atom is 0.278 e. The van der Waals surface area contributed by atoms with Crippen molar-refractivity contribution in [3.8, 4) is 5.75 Å². The molecule has 2 amide bonds. The maximum atomic E-state index is 12.9. The average molecular weight is 364 g/mol. The van der Waals surface area contributed by atoms with Crippen molar-refractivity contribution in [3.63, 3.8) is 0 Å². The average Bonchev–Trinajstić information content (AvgIpc) is 2.89. The van der Waals surface area contributed by atoms with Crippen LogP contribution in [0.3, 0.4) is 0 Å². The SMILES string of the molecule is CCOc1ccccc1NC1=C(c2ccc(C)c(C)c2)C(=O)N(CC)C1=O. The zero-order chi connectivity index (χ0) is 19.6. The molecule has 0 aliphatic carbocycles. The highest BCUT2D eigenvalue weighted by molar-refractivity contribution is 6.36. The van der Waals surface area contributed by atoms with Gasteiger partial charge in [-0.25, -0.2) is 0 Å². The van der Waals surface area contributed by atoms with Crippen LogP contribution < -0.4 is 10.1 Å². The highest BCUT2D eigenvalue weighted by Crippen LogP contribution is 2.33. The number of hydrogen-bond acceptors (Lipinski definition) is 4. The molecule has 0 aromatic heterocycles. The Morgan fingerprint density at radius 1 is 0.963 bits per heavy atom. The molecule has 2 aromatic rings. The van der Waals surface area contributed by atoms with Gasteiger partial charge in [0.15, 0.2) is 0 Å². The van der Waals surface area contributed by atoms with E-state index in [1.807, 2.05) is 63.2 Å². The lowest BCUT2D eigenvalue weighted by molar-refractivity contribution is -0.136. The van der Waals surface area contributed by atoms with Crippen LogP contribution in [0.15, 0.2) is 48.2 Å². The Balaban J connectivity index is 2.12. The number of amides is 2. The van der Waals surface area contributed by atoms with Gasteiger partial charge in [-0.3, -0.25) is 14.5 Å². The molecular weight excluding hydrogens is 340 g/mol. The van der Waals surface area contributed by atoms with E-state index < -0.39 is 0 Å². The van der Waals surface area contributed by atoms with Crippen molar-refractivity contribution >= 4 is 23.1 Å². The summed E-state index contributed by atoms with van der Waals surface area (Å²) in [4.78, 5) is 27.1. The molecule has 2 aromatic carbocycles. The lowest BCUT2D eigenvalue weighted by Crippen LogP contribution is -2.32. The van der Waals surface area contributed by atoms with Gasteiger partial charge in [0.25, 0.3) is 11.8 Å². The number of benzene rings is 2. The summed E-state index contributed by atoms with van der Waals surface area (Å²) in [6.45, 7) is 8.55. The molecule has 0 bridgehead atoms. The van der Waals surface area contributed by atoms with Crippen LogP contribution in [0, 0.1) is 13.8 Å². The highest BCUT2D eigenvalue weighted by Gasteiger charge is 2.38. The molecule has 1 aliphatic rings. The molecule has 0 spiro atoms. The highest BCUT2D eigenvalue weighted by atomic mass is 16.5. The molecule has 5 nitrogen and oxygen atoms in total. The lowest BCUT2D eigenvalue weighted by Gasteiger charge is -2.14. The van der Waals surface area contributed by atoms with Gasteiger partial charge in [-0.15, -0.1) is 0 Å². The molecule has 0 saturated carbocycles. The number of ether oxygens (including phenoxy) is 1. The van der Waals surface area contributed by atoms with E-state index in [9.17, 15) is 9.59 Å². The number of imide groups is 1. The Hall–Kier alpha value is -3.08. The second-order valence-corrected chi connectivity index (χ2v) is 6.46. The minimum absolute atomic E-state index is 0.276. The summed E-state index contributed by atoms with van der Waals surface area (Å²) < 4.78 is 5.64. The first-order valence-corrected chi connectivity index (χ1v) is 9.14. The van der Waals surface area contributed by atoms with Gasteiger partial charge < -0.3 is 10.1 Å². The van der Waals surface area contributed by atoms with E-state index in [-0.39, 0.29) is 17.5 Å². The number of anilines is 1. The van der Waals surface area contributed by atoms with Crippen molar-refractivity contribution < 1.29 is 14.3 Å². The maximum absolute atomic E-state index is 12.9. The van der Waals surface area contributed by atoms with Gasteiger partial charge in [0.1, 0.15) is 11.4 Å². The number of nitrogens with zero attached hydrogens (tertiary/aromatic N) is 1. The van der Waals surface area contributed by atoms with Crippen LogP contribution in [0.25, 0.3) is 5.57 Å². The molecule has 0 atom stereocenters. The summed E-state index contributed by atoms with van der Waals surface area (Å²) in [5.74, 6) is 0.0475. The molecular formula is C22H24N2O3. The third-order valence-corrected chi connectivity index (χ3v) is 4.73. The zero-order valence-electron chi connectivity index (χ0n) is 16.1. The van der Waals surface area contributed by atoms with Gasteiger partial charge in [0, 0.05) is 6.54 Å². The van der Waals surface area contributed by atoms with Crippen LogP contribution in [0.4, 0.5) is 5.69 Å². The van der Waals surface area contributed by atoms with Crippen molar-refractivity contribution in [3.05, 3.63) is 64.9 Å². The minimum Gasteiger partial charge on any atom is -0.492 e. The molecule has 27 heavy (non-hydrogen) atoms. The van der Waals surface area contributed by atoms with Crippen molar-refractivity contribution in [1.82, 2.24) is 4.90 Å². The van der Waals surface area contributed by atoms with Gasteiger partial charge in [0.05, 0.1) is 17.9 Å². The molecule has 1 heterocycles. The Bertz CT molecular complexity index is 931. The quantitative estimate of drug-likeness (QED) is 0.790. The fourth-order valence-electron chi connectivity index (χ4n) is 3.13. The Morgan fingerprint density at radius 2 is 1.70 bits per heavy atom. The predicted molar refractivity (Wildman–Crippen MR) is 106 cm³/mol. The topological polar surface area (TPSA) is 58.6 Å². The van der Waals surface area contributed by atoms with Crippen molar-refractivity contribution in [2.24, 2.45) is 0 Å². The number of carbonyl (C=O) groups is 2. The van der Waals surface area contributed by atoms with Gasteiger partial charge >= 0.3 is 0 Å². The number of hydrogen-bond donors (Lipinski definition) is 1. The number of likely N-dealkylation sites (N-methyl/N-ethyl adjacent to an activating group) is 1. The number of para-hydroxylation sites is 2. The Morgan fingerprint density at radius 3 is 2.37 bits per heavy atom. The van der Waals surface area contributed by atoms with E-state index in [0.717, 1.165) is 16.7 Å². The molecule has 140 valence electrons. The fraction of sp³-hybridized carbons (Fsp3) is 0.273.